The molecule has 0 N–H and O–H groups in total. The van der Waals surface area contributed by atoms with E-state index in [1.54, 1.807) is 19.1 Å². The van der Waals surface area contributed by atoms with E-state index in [0.717, 1.165) is 23.4 Å². The highest BCUT2D eigenvalue weighted by Gasteiger charge is 2.31. The Morgan fingerprint density at radius 3 is 2.28 bits per heavy atom. The second kappa shape index (κ2) is 7.90. The molecule has 0 bridgehead atoms. The summed E-state index contributed by atoms with van der Waals surface area (Å²) in [5.41, 5.74) is 2.03. The van der Waals surface area contributed by atoms with Crippen LogP contribution in [0, 0.1) is 13.8 Å². The van der Waals surface area contributed by atoms with E-state index in [1.807, 2.05) is 6.92 Å². The van der Waals surface area contributed by atoms with Gasteiger partial charge in [-0.25, -0.2) is 0 Å². The lowest BCUT2D eigenvalue weighted by atomic mass is 10.1. The molecule has 2 aromatic carbocycles. The zero-order valence-corrected chi connectivity index (χ0v) is 17.1. The summed E-state index contributed by atoms with van der Waals surface area (Å²) in [5.74, 6) is 0.234. The second-order valence-corrected chi connectivity index (χ2v) is 7.02. The lowest BCUT2D eigenvalue weighted by Crippen LogP contribution is -2.16. The van der Waals surface area contributed by atoms with Crippen molar-refractivity contribution in [2.75, 3.05) is 0 Å². The number of carbonyl (C=O) groups is 1. The summed E-state index contributed by atoms with van der Waals surface area (Å²) < 4.78 is 52.4. The molecule has 0 aliphatic carbocycles. The third kappa shape index (κ3) is 4.97. The highest BCUT2D eigenvalue weighted by Crippen LogP contribution is 2.39. The predicted molar refractivity (Wildman–Crippen MR) is 103 cm³/mol. The first kappa shape index (κ1) is 20.9. The topological polar surface area (TPSA) is 57.7 Å². The number of ether oxygens (including phenoxy) is 3. The van der Waals surface area contributed by atoms with Crippen LogP contribution in [0.1, 0.15) is 18.2 Å². The number of fused-ring (bicyclic) bond motifs is 1. The van der Waals surface area contributed by atoms with E-state index in [-0.39, 0.29) is 5.75 Å². The fourth-order valence-corrected chi connectivity index (χ4v) is 3.05. The Balaban J connectivity index is 1.98. The average molecular weight is 470 g/mol. The van der Waals surface area contributed by atoms with Gasteiger partial charge in [-0.2, -0.15) is 0 Å². The number of halogens is 4. The van der Waals surface area contributed by atoms with Crippen LogP contribution in [0.5, 0.6) is 23.0 Å². The van der Waals surface area contributed by atoms with Crippen LogP contribution in [-0.4, -0.2) is 17.3 Å². The first-order chi connectivity index (χ1) is 13.5. The number of benzene rings is 2. The van der Waals surface area contributed by atoms with Crippen LogP contribution in [0.3, 0.4) is 0 Å². The first-order valence-corrected chi connectivity index (χ1v) is 9.15. The summed E-state index contributed by atoms with van der Waals surface area (Å²) >= 11 is 3.40. The van der Waals surface area contributed by atoms with Crippen molar-refractivity contribution in [3.8, 4) is 23.0 Å². The Bertz CT molecular complexity index is 1080. The van der Waals surface area contributed by atoms with Crippen molar-refractivity contribution in [3.63, 3.8) is 0 Å². The maximum Gasteiger partial charge on any atom is 0.573 e. The van der Waals surface area contributed by atoms with Crippen molar-refractivity contribution < 1.29 is 32.2 Å². The molecule has 0 saturated carbocycles. The van der Waals surface area contributed by atoms with E-state index < -0.39 is 12.3 Å². The molecule has 0 saturated heterocycles. The van der Waals surface area contributed by atoms with E-state index in [9.17, 15) is 18.0 Å². The molecule has 3 rings (SSSR count). The molecular formula is C20H15BrF3NO4. The minimum Gasteiger partial charge on any atom is -0.456 e. The summed E-state index contributed by atoms with van der Waals surface area (Å²) in [7, 11) is 0. The summed E-state index contributed by atoms with van der Waals surface area (Å²) in [5, 5.41) is 0.568. The number of hydrogen-bond acceptors (Lipinski definition) is 5. The van der Waals surface area contributed by atoms with Gasteiger partial charge in [0.2, 0.25) is 0 Å². The molecule has 0 atom stereocenters. The quantitative estimate of drug-likeness (QED) is 0.423. The van der Waals surface area contributed by atoms with Gasteiger partial charge in [-0.3, -0.25) is 9.78 Å². The Hall–Kier alpha value is -2.81. The Labute approximate surface area is 172 Å². The third-order valence-corrected chi connectivity index (χ3v) is 4.62. The molecule has 0 unspecified atom stereocenters. The van der Waals surface area contributed by atoms with Gasteiger partial charge < -0.3 is 14.2 Å². The molecule has 0 radical (unpaired) electrons. The number of rotatable bonds is 4. The normalized spacial score (nSPS) is 11.4. The van der Waals surface area contributed by atoms with Gasteiger partial charge in [0.05, 0.1) is 9.99 Å². The lowest BCUT2D eigenvalue weighted by molar-refractivity contribution is -0.274. The zero-order chi connectivity index (χ0) is 21.3. The van der Waals surface area contributed by atoms with E-state index in [1.165, 1.54) is 19.1 Å². The van der Waals surface area contributed by atoms with Gasteiger partial charge >= 0.3 is 12.3 Å². The van der Waals surface area contributed by atoms with Crippen LogP contribution in [0.4, 0.5) is 13.2 Å². The minimum absolute atomic E-state index is 0.297. The maximum atomic E-state index is 12.3. The third-order valence-electron chi connectivity index (χ3n) is 4.00. The average Bonchev–Trinajstić information content (AvgIpc) is 2.60. The molecule has 0 aliphatic rings. The number of carbonyl (C=O) groups excluding carboxylic acids is 1. The van der Waals surface area contributed by atoms with E-state index >= 15 is 0 Å². The van der Waals surface area contributed by atoms with Gasteiger partial charge in [0.25, 0.3) is 0 Å². The number of aryl methyl sites for hydroxylation is 1. The molecular weight excluding hydrogens is 455 g/mol. The molecule has 9 heteroatoms. The molecule has 0 fully saturated rings. The number of pyridine rings is 1. The fourth-order valence-electron chi connectivity index (χ4n) is 2.64. The molecule has 1 heterocycles. The van der Waals surface area contributed by atoms with Crippen molar-refractivity contribution in [2.24, 2.45) is 0 Å². The van der Waals surface area contributed by atoms with Crippen molar-refractivity contribution in [2.45, 2.75) is 27.1 Å². The highest BCUT2D eigenvalue weighted by molar-refractivity contribution is 9.10. The van der Waals surface area contributed by atoms with Crippen molar-refractivity contribution >= 4 is 32.8 Å². The van der Waals surface area contributed by atoms with Gasteiger partial charge in [-0.1, -0.05) is 0 Å². The fraction of sp³-hybridized carbons (Fsp3) is 0.200. The minimum atomic E-state index is -4.76. The Kier molecular flexibility index (Phi) is 5.70. The molecule has 0 aliphatic heterocycles. The van der Waals surface area contributed by atoms with Crippen molar-refractivity contribution in [1.29, 1.82) is 0 Å². The van der Waals surface area contributed by atoms with E-state index in [2.05, 4.69) is 25.7 Å². The molecule has 152 valence electrons. The van der Waals surface area contributed by atoms with Crippen LogP contribution < -0.4 is 14.2 Å². The molecule has 1 aromatic heterocycles. The Morgan fingerprint density at radius 2 is 1.69 bits per heavy atom. The lowest BCUT2D eigenvalue weighted by Gasteiger charge is -2.15. The maximum absolute atomic E-state index is 12.3. The number of nitrogens with zero attached hydrogens (tertiary/aromatic N) is 1. The molecule has 0 amide bonds. The van der Waals surface area contributed by atoms with Crippen LogP contribution in [-0.2, 0) is 4.79 Å². The standard InChI is InChI=1S/C20H15BrF3NO4/c1-10-11(2)25-17-9-16(21)18(8-15(17)19(10)27-12(3)26)28-13-4-6-14(7-5-13)29-20(22,23)24/h4-9H,1-3H3. The number of alkyl halides is 3. The van der Waals surface area contributed by atoms with E-state index in [0.29, 0.717) is 32.6 Å². The predicted octanol–water partition coefficient (Wildman–Crippen LogP) is 6.23. The van der Waals surface area contributed by atoms with Gasteiger partial charge in [-0.15, -0.1) is 13.2 Å². The first-order valence-electron chi connectivity index (χ1n) is 8.36. The number of hydrogen-bond donors (Lipinski definition) is 0. The summed E-state index contributed by atoms with van der Waals surface area (Å²) in [6, 6.07) is 8.36. The zero-order valence-electron chi connectivity index (χ0n) is 15.6. The van der Waals surface area contributed by atoms with Crippen LogP contribution >= 0.6 is 15.9 Å². The van der Waals surface area contributed by atoms with Gasteiger partial charge in [0, 0.05) is 23.6 Å². The molecule has 0 spiro atoms. The van der Waals surface area contributed by atoms with Crippen molar-refractivity contribution in [3.05, 3.63) is 52.1 Å². The second-order valence-electron chi connectivity index (χ2n) is 6.17. The monoisotopic (exact) mass is 469 g/mol. The summed E-state index contributed by atoms with van der Waals surface area (Å²) in [6.07, 6.45) is -4.76. The van der Waals surface area contributed by atoms with Gasteiger partial charge in [-0.05, 0) is 66.2 Å². The van der Waals surface area contributed by atoms with Crippen molar-refractivity contribution in [1.82, 2.24) is 4.98 Å². The SMILES string of the molecule is CC(=O)Oc1c(C)c(C)nc2cc(Br)c(Oc3ccc(OC(F)(F)F)cc3)cc12. The van der Waals surface area contributed by atoms with Gasteiger partial charge in [0.1, 0.15) is 23.0 Å². The van der Waals surface area contributed by atoms with Crippen LogP contribution in [0.15, 0.2) is 40.9 Å². The molecule has 3 aromatic rings. The van der Waals surface area contributed by atoms with Crippen LogP contribution in [0.25, 0.3) is 10.9 Å². The number of aromatic nitrogens is 1. The molecule has 5 nitrogen and oxygen atoms in total. The number of esters is 1. The van der Waals surface area contributed by atoms with Crippen LogP contribution in [0.2, 0.25) is 0 Å². The smallest absolute Gasteiger partial charge is 0.456 e. The summed E-state index contributed by atoms with van der Waals surface area (Å²) in [6.45, 7) is 4.91. The van der Waals surface area contributed by atoms with Gasteiger partial charge in [0.15, 0.2) is 0 Å². The molecule has 29 heavy (non-hydrogen) atoms. The highest BCUT2D eigenvalue weighted by atomic mass is 79.9. The van der Waals surface area contributed by atoms with E-state index in [4.69, 9.17) is 9.47 Å². The largest absolute Gasteiger partial charge is 0.573 e. The Morgan fingerprint density at radius 1 is 1.07 bits per heavy atom. The summed E-state index contributed by atoms with van der Waals surface area (Å²) in [4.78, 5) is 16.0.